The van der Waals surface area contributed by atoms with Crippen LogP contribution in [0.4, 0.5) is 0 Å². The summed E-state index contributed by atoms with van der Waals surface area (Å²) in [7, 11) is 0. The summed E-state index contributed by atoms with van der Waals surface area (Å²) in [4.78, 5) is 5.41. The maximum Gasteiger partial charge on any atom is 0.142 e. The van der Waals surface area contributed by atoms with E-state index in [0.717, 1.165) is 35.6 Å². The van der Waals surface area contributed by atoms with Crippen molar-refractivity contribution in [3.63, 3.8) is 0 Å². The minimum absolute atomic E-state index is 0.492. The van der Waals surface area contributed by atoms with Crippen LogP contribution in [0.3, 0.4) is 0 Å². The molecule has 0 N–H and O–H groups in total. The highest BCUT2D eigenvalue weighted by Crippen LogP contribution is 2.26. The third kappa shape index (κ3) is 2.82. The van der Waals surface area contributed by atoms with Gasteiger partial charge in [0.2, 0.25) is 0 Å². The number of nitrogens with zero attached hydrogens (tertiary/aromatic N) is 1. The van der Waals surface area contributed by atoms with Crippen LogP contribution in [0.15, 0.2) is 53.7 Å². The van der Waals surface area contributed by atoms with Gasteiger partial charge >= 0.3 is 0 Å². The lowest BCUT2D eigenvalue weighted by Gasteiger charge is -2.05. The Morgan fingerprint density at radius 2 is 2.05 bits per heavy atom. The molecule has 0 amide bonds. The number of rotatable bonds is 4. The van der Waals surface area contributed by atoms with Crippen molar-refractivity contribution >= 4 is 5.71 Å². The minimum atomic E-state index is 0.492. The van der Waals surface area contributed by atoms with E-state index in [1.54, 1.807) is 0 Å². The number of hydrogen-bond acceptors (Lipinski definition) is 3. The van der Waals surface area contributed by atoms with Gasteiger partial charge < -0.3 is 9.57 Å². The summed E-state index contributed by atoms with van der Waals surface area (Å²) in [6.07, 6.45) is 0.974. The van der Waals surface area contributed by atoms with E-state index in [1.807, 2.05) is 49.4 Å². The number of oxime groups is 1. The molecule has 1 heterocycles. The van der Waals surface area contributed by atoms with Gasteiger partial charge in [0.1, 0.15) is 12.4 Å². The van der Waals surface area contributed by atoms with Gasteiger partial charge in [0.25, 0.3) is 0 Å². The molecule has 3 rings (SSSR count). The van der Waals surface area contributed by atoms with Gasteiger partial charge in [-0.05, 0) is 41.8 Å². The van der Waals surface area contributed by atoms with Gasteiger partial charge in [-0.3, -0.25) is 0 Å². The molecule has 0 saturated carbocycles. The molecule has 0 saturated heterocycles. The topological polar surface area (TPSA) is 30.8 Å². The van der Waals surface area contributed by atoms with Gasteiger partial charge in [0.15, 0.2) is 0 Å². The first kappa shape index (κ1) is 12.7. The highest BCUT2D eigenvalue weighted by Gasteiger charge is 2.12. The predicted molar refractivity (Wildman–Crippen MR) is 79.1 cm³/mol. The van der Waals surface area contributed by atoms with E-state index in [2.05, 4.69) is 11.2 Å². The maximum atomic E-state index is 5.50. The van der Waals surface area contributed by atoms with Crippen molar-refractivity contribution in [2.45, 2.75) is 20.0 Å². The van der Waals surface area contributed by atoms with E-state index in [4.69, 9.17) is 9.57 Å². The summed E-state index contributed by atoms with van der Waals surface area (Å²) in [6.45, 7) is 3.23. The van der Waals surface area contributed by atoms with Crippen molar-refractivity contribution in [1.29, 1.82) is 0 Å². The van der Waals surface area contributed by atoms with Gasteiger partial charge in [0, 0.05) is 6.42 Å². The second-order valence-electron chi connectivity index (χ2n) is 4.86. The minimum Gasteiger partial charge on any atom is -0.493 e. The molecule has 2 aromatic rings. The standard InChI is InChI=1S/C17H17NO2/c1-13(18-20-12-14-5-3-2-4-6-14)15-7-8-17-16(11-15)9-10-19-17/h2-8,11H,9-10,12H2,1H3. The van der Waals surface area contributed by atoms with Gasteiger partial charge in [-0.2, -0.15) is 0 Å². The summed E-state index contributed by atoms with van der Waals surface area (Å²) in [5.41, 5.74) is 4.34. The van der Waals surface area contributed by atoms with E-state index >= 15 is 0 Å². The Labute approximate surface area is 118 Å². The highest BCUT2D eigenvalue weighted by atomic mass is 16.6. The van der Waals surface area contributed by atoms with Crippen molar-refractivity contribution in [2.24, 2.45) is 5.16 Å². The number of hydrogen-bond donors (Lipinski definition) is 0. The van der Waals surface area contributed by atoms with Gasteiger partial charge in [-0.1, -0.05) is 35.5 Å². The van der Waals surface area contributed by atoms with Crippen molar-refractivity contribution in [3.05, 3.63) is 65.2 Å². The molecule has 3 nitrogen and oxygen atoms in total. The van der Waals surface area contributed by atoms with Gasteiger partial charge in [0.05, 0.1) is 12.3 Å². The average Bonchev–Trinajstić information content (AvgIpc) is 2.95. The molecule has 0 unspecified atom stereocenters. The fourth-order valence-corrected chi connectivity index (χ4v) is 2.24. The van der Waals surface area contributed by atoms with E-state index in [1.165, 1.54) is 5.56 Å². The summed E-state index contributed by atoms with van der Waals surface area (Å²) >= 11 is 0. The van der Waals surface area contributed by atoms with Crippen LogP contribution in [-0.4, -0.2) is 12.3 Å². The molecule has 0 bridgehead atoms. The summed E-state index contributed by atoms with van der Waals surface area (Å²) in [6, 6.07) is 16.2. The third-order valence-corrected chi connectivity index (χ3v) is 3.38. The Bertz CT molecular complexity index is 620. The zero-order valence-corrected chi connectivity index (χ0v) is 11.5. The fourth-order valence-electron chi connectivity index (χ4n) is 2.24. The number of fused-ring (bicyclic) bond motifs is 1. The zero-order valence-electron chi connectivity index (χ0n) is 11.5. The average molecular weight is 267 g/mol. The van der Waals surface area contributed by atoms with E-state index in [0.29, 0.717) is 6.61 Å². The monoisotopic (exact) mass is 267 g/mol. The van der Waals surface area contributed by atoms with Crippen LogP contribution in [0, 0.1) is 0 Å². The Kier molecular flexibility index (Phi) is 3.68. The normalized spacial score (nSPS) is 13.8. The van der Waals surface area contributed by atoms with Crippen LogP contribution < -0.4 is 4.74 Å². The molecule has 0 aliphatic carbocycles. The van der Waals surface area contributed by atoms with Crippen LogP contribution in [-0.2, 0) is 17.9 Å². The van der Waals surface area contributed by atoms with E-state index in [9.17, 15) is 0 Å². The summed E-state index contributed by atoms with van der Waals surface area (Å²) < 4.78 is 5.50. The molecule has 3 heteroatoms. The molecule has 2 aromatic carbocycles. The molecule has 0 atom stereocenters. The first-order chi connectivity index (χ1) is 9.83. The number of benzene rings is 2. The molecule has 102 valence electrons. The Hall–Kier alpha value is -2.29. The second-order valence-corrected chi connectivity index (χ2v) is 4.86. The Balaban J connectivity index is 1.66. The molecule has 0 fully saturated rings. The quantitative estimate of drug-likeness (QED) is 0.626. The summed E-state index contributed by atoms with van der Waals surface area (Å²) in [5, 5.41) is 4.19. The first-order valence-corrected chi connectivity index (χ1v) is 6.79. The van der Waals surface area contributed by atoms with Crippen LogP contribution >= 0.6 is 0 Å². The molecule has 1 aliphatic heterocycles. The predicted octanol–water partition coefficient (Wildman–Crippen LogP) is 3.56. The van der Waals surface area contributed by atoms with Crippen LogP contribution in [0.25, 0.3) is 0 Å². The fraction of sp³-hybridized carbons (Fsp3) is 0.235. The van der Waals surface area contributed by atoms with Crippen LogP contribution in [0.2, 0.25) is 0 Å². The summed E-state index contributed by atoms with van der Waals surface area (Å²) in [5.74, 6) is 0.992. The highest BCUT2D eigenvalue weighted by molar-refractivity contribution is 5.98. The second kappa shape index (κ2) is 5.78. The molecule has 20 heavy (non-hydrogen) atoms. The zero-order chi connectivity index (χ0) is 13.8. The van der Waals surface area contributed by atoms with Crippen molar-refractivity contribution in [1.82, 2.24) is 0 Å². The SMILES string of the molecule is CC(=NOCc1ccccc1)c1ccc2c(c1)CCO2. The smallest absolute Gasteiger partial charge is 0.142 e. The molecule has 0 spiro atoms. The lowest BCUT2D eigenvalue weighted by atomic mass is 10.1. The molecule has 1 aliphatic rings. The lowest BCUT2D eigenvalue weighted by Crippen LogP contribution is -1.97. The largest absolute Gasteiger partial charge is 0.493 e. The van der Waals surface area contributed by atoms with Crippen LogP contribution in [0.1, 0.15) is 23.6 Å². The number of ether oxygens (including phenoxy) is 1. The molecular formula is C17H17NO2. The van der Waals surface area contributed by atoms with Gasteiger partial charge in [-0.15, -0.1) is 0 Å². The van der Waals surface area contributed by atoms with Crippen molar-refractivity contribution < 1.29 is 9.57 Å². The van der Waals surface area contributed by atoms with E-state index < -0.39 is 0 Å². The molecule has 0 radical (unpaired) electrons. The maximum absolute atomic E-state index is 5.50. The van der Waals surface area contributed by atoms with E-state index in [-0.39, 0.29) is 0 Å². The van der Waals surface area contributed by atoms with Gasteiger partial charge in [-0.25, -0.2) is 0 Å². The van der Waals surface area contributed by atoms with Crippen molar-refractivity contribution in [3.8, 4) is 5.75 Å². The first-order valence-electron chi connectivity index (χ1n) is 6.79. The Morgan fingerprint density at radius 3 is 2.90 bits per heavy atom. The molecule has 0 aromatic heterocycles. The molecular weight excluding hydrogens is 250 g/mol. The van der Waals surface area contributed by atoms with Crippen LogP contribution in [0.5, 0.6) is 5.75 Å². The Morgan fingerprint density at radius 1 is 1.20 bits per heavy atom. The lowest BCUT2D eigenvalue weighted by molar-refractivity contribution is 0.130. The third-order valence-electron chi connectivity index (χ3n) is 3.38. The van der Waals surface area contributed by atoms with Crippen molar-refractivity contribution in [2.75, 3.05) is 6.61 Å².